The molecule has 1 saturated heterocycles. The van der Waals surface area contributed by atoms with E-state index in [0.29, 0.717) is 5.56 Å². The van der Waals surface area contributed by atoms with Gasteiger partial charge in [0.1, 0.15) is 0 Å². The van der Waals surface area contributed by atoms with Crippen LogP contribution in [0.25, 0.3) is 0 Å². The number of likely N-dealkylation sites (tertiary alicyclic amines) is 1. The number of hydrogen-bond acceptors (Lipinski definition) is 3. The van der Waals surface area contributed by atoms with Gasteiger partial charge in [0.15, 0.2) is 0 Å². The van der Waals surface area contributed by atoms with Gasteiger partial charge < -0.3 is 4.90 Å². The van der Waals surface area contributed by atoms with E-state index >= 15 is 0 Å². The van der Waals surface area contributed by atoms with Gasteiger partial charge in [0.2, 0.25) is 0 Å². The highest BCUT2D eigenvalue weighted by Gasteiger charge is 2.29. The third-order valence-electron chi connectivity index (χ3n) is 4.57. The molecule has 0 bridgehead atoms. The van der Waals surface area contributed by atoms with Crippen molar-refractivity contribution < 1.29 is 4.79 Å². The monoisotopic (exact) mass is 298 g/mol. The third-order valence-corrected chi connectivity index (χ3v) is 4.57. The number of rotatable bonds is 2. The van der Waals surface area contributed by atoms with Gasteiger partial charge in [-0.3, -0.25) is 14.5 Å². The maximum Gasteiger partial charge on any atom is 0.257 e. The average molecular weight is 298 g/mol. The molecule has 0 N–H and O–H groups in total. The van der Waals surface area contributed by atoms with E-state index in [9.17, 15) is 4.79 Å². The molecule has 3 heterocycles. The largest absolute Gasteiger partial charge is 0.332 e. The van der Waals surface area contributed by atoms with Crippen molar-refractivity contribution in [2.24, 2.45) is 7.05 Å². The second kappa shape index (κ2) is 6.30. The van der Waals surface area contributed by atoms with Crippen molar-refractivity contribution in [2.75, 3.05) is 6.54 Å². The molecule has 0 aliphatic carbocycles. The third kappa shape index (κ3) is 2.75. The molecule has 3 rings (SSSR count). The molecule has 1 amide bonds. The first-order chi connectivity index (χ1) is 10.7. The number of aryl methyl sites for hydroxylation is 1. The number of aromatic nitrogens is 3. The van der Waals surface area contributed by atoms with Crippen molar-refractivity contribution in [3.8, 4) is 0 Å². The van der Waals surface area contributed by atoms with Crippen LogP contribution in [0.15, 0.2) is 30.7 Å². The Morgan fingerprint density at radius 1 is 1.23 bits per heavy atom. The predicted octanol–water partition coefficient (Wildman–Crippen LogP) is 2.88. The van der Waals surface area contributed by atoms with E-state index in [1.807, 2.05) is 31.0 Å². The molecule has 0 spiro atoms. The second-order valence-electron chi connectivity index (χ2n) is 5.91. The van der Waals surface area contributed by atoms with Crippen LogP contribution < -0.4 is 0 Å². The van der Waals surface area contributed by atoms with E-state index in [4.69, 9.17) is 0 Å². The molecular formula is C17H22N4O. The maximum atomic E-state index is 13.0. The normalized spacial score (nSPS) is 19.0. The number of nitrogens with zero attached hydrogens (tertiary/aromatic N) is 4. The Morgan fingerprint density at radius 3 is 2.68 bits per heavy atom. The summed E-state index contributed by atoms with van der Waals surface area (Å²) in [5.41, 5.74) is 2.80. The summed E-state index contributed by atoms with van der Waals surface area (Å²) in [6.45, 7) is 2.75. The summed E-state index contributed by atoms with van der Waals surface area (Å²) in [6, 6.07) is 4.18. The Labute approximate surface area is 131 Å². The first kappa shape index (κ1) is 14.8. The molecular weight excluding hydrogens is 276 g/mol. The molecule has 116 valence electrons. The Balaban J connectivity index is 1.94. The molecule has 2 aromatic rings. The molecule has 22 heavy (non-hydrogen) atoms. The average Bonchev–Trinajstić information content (AvgIpc) is 2.77. The minimum absolute atomic E-state index is 0.0920. The summed E-state index contributed by atoms with van der Waals surface area (Å²) in [5, 5.41) is 4.21. The minimum Gasteiger partial charge on any atom is -0.332 e. The minimum atomic E-state index is 0.0920. The van der Waals surface area contributed by atoms with Crippen molar-refractivity contribution in [3.05, 3.63) is 47.5 Å². The van der Waals surface area contributed by atoms with Gasteiger partial charge in [-0.15, -0.1) is 0 Å². The van der Waals surface area contributed by atoms with Crippen molar-refractivity contribution >= 4 is 5.91 Å². The summed E-state index contributed by atoms with van der Waals surface area (Å²) in [5.74, 6) is 0.0920. The van der Waals surface area contributed by atoms with E-state index in [1.54, 1.807) is 23.3 Å². The lowest BCUT2D eigenvalue weighted by atomic mass is 10.0. The molecule has 0 aromatic carbocycles. The molecule has 0 radical (unpaired) electrons. The summed E-state index contributed by atoms with van der Waals surface area (Å²) >= 11 is 0. The predicted molar refractivity (Wildman–Crippen MR) is 84.4 cm³/mol. The summed E-state index contributed by atoms with van der Waals surface area (Å²) in [7, 11) is 1.87. The van der Waals surface area contributed by atoms with Gasteiger partial charge >= 0.3 is 0 Å². The van der Waals surface area contributed by atoms with E-state index in [2.05, 4.69) is 10.1 Å². The van der Waals surface area contributed by atoms with E-state index < -0.39 is 0 Å². The van der Waals surface area contributed by atoms with Crippen LogP contribution in [0.5, 0.6) is 0 Å². The van der Waals surface area contributed by atoms with Gasteiger partial charge in [0.05, 0.1) is 17.8 Å². The SMILES string of the molecule is Cc1c(C(=O)N2CCCCC[C@H]2c2ccncc2)cnn1C. The first-order valence-electron chi connectivity index (χ1n) is 7.88. The number of carbonyl (C=O) groups is 1. The fourth-order valence-electron chi connectivity index (χ4n) is 3.15. The van der Waals surface area contributed by atoms with Crippen molar-refractivity contribution in [1.82, 2.24) is 19.7 Å². The quantitative estimate of drug-likeness (QED) is 0.856. The van der Waals surface area contributed by atoms with Crippen LogP contribution in [0.1, 0.15) is 53.3 Å². The zero-order valence-corrected chi connectivity index (χ0v) is 13.2. The molecule has 1 atom stereocenters. The number of pyridine rings is 1. The Hall–Kier alpha value is -2.17. The van der Waals surface area contributed by atoms with Crippen LogP contribution >= 0.6 is 0 Å². The molecule has 5 nitrogen and oxygen atoms in total. The van der Waals surface area contributed by atoms with E-state index in [-0.39, 0.29) is 11.9 Å². The highest BCUT2D eigenvalue weighted by molar-refractivity contribution is 5.95. The van der Waals surface area contributed by atoms with Gasteiger partial charge in [-0.1, -0.05) is 12.8 Å². The highest BCUT2D eigenvalue weighted by atomic mass is 16.2. The van der Waals surface area contributed by atoms with E-state index in [1.165, 1.54) is 12.0 Å². The van der Waals surface area contributed by atoms with Crippen molar-refractivity contribution in [3.63, 3.8) is 0 Å². The first-order valence-corrected chi connectivity index (χ1v) is 7.88. The highest BCUT2D eigenvalue weighted by Crippen LogP contribution is 2.31. The van der Waals surface area contributed by atoms with Gasteiger partial charge in [-0.05, 0) is 37.5 Å². The zero-order chi connectivity index (χ0) is 15.5. The lowest BCUT2D eigenvalue weighted by Crippen LogP contribution is -2.35. The fraction of sp³-hybridized carbons (Fsp3) is 0.471. The van der Waals surface area contributed by atoms with Gasteiger partial charge in [0, 0.05) is 31.7 Å². The van der Waals surface area contributed by atoms with Crippen LogP contribution in [0, 0.1) is 6.92 Å². The van der Waals surface area contributed by atoms with Gasteiger partial charge in [-0.25, -0.2) is 0 Å². The van der Waals surface area contributed by atoms with Gasteiger partial charge in [0.25, 0.3) is 5.91 Å². The van der Waals surface area contributed by atoms with Crippen LogP contribution in [0.4, 0.5) is 0 Å². The smallest absolute Gasteiger partial charge is 0.257 e. The Morgan fingerprint density at radius 2 is 2.00 bits per heavy atom. The lowest BCUT2D eigenvalue weighted by molar-refractivity contribution is 0.0680. The Kier molecular flexibility index (Phi) is 4.22. The van der Waals surface area contributed by atoms with Crippen LogP contribution in [0.2, 0.25) is 0 Å². The maximum absolute atomic E-state index is 13.0. The molecule has 1 fully saturated rings. The molecule has 1 aliphatic rings. The van der Waals surface area contributed by atoms with Crippen LogP contribution in [-0.2, 0) is 7.05 Å². The molecule has 0 saturated carbocycles. The standard InChI is InChI=1S/C17H22N4O/c1-13-15(12-19-20(13)2)17(22)21-11-5-3-4-6-16(21)14-7-9-18-10-8-14/h7-10,12,16H,3-6,11H2,1-2H3/t16-/m0/s1. The number of carbonyl (C=O) groups excluding carboxylic acids is 1. The molecule has 5 heteroatoms. The van der Waals surface area contributed by atoms with Crippen LogP contribution in [-0.4, -0.2) is 32.1 Å². The number of amides is 1. The molecule has 0 unspecified atom stereocenters. The van der Waals surface area contributed by atoms with Crippen molar-refractivity contribution in [2.45, 2.75) is 38.6 Å². The Bertz CT molecular complexity index is 650. The molecule has 2 aromatic heterocycles. The summed E-state index contributed by atoms with van der Waals surface area (Å²) in [6.07, 6.45) is 9.70. The van der Waals surface area contributed by atoms with E-state index in [0.717, 1.165) is 31.5 Å². The van der Waals surface area contributed by atoms with Gasteiger partial charge in [-0.2, -0.15) is 5.10 Å². The molecule has 1 aliphatic heterocycles. The zero-order valence-electron chi connectivity index (χ0n) is 13.2. The summed E-state index contributed by atoms with van der Waals surface area (Å²) < 4.78 is 1.76. The fourth-order valence-corrected chi connectivity index (χ4v) is 3.15. The van der Waals surface area contributed by atoms with Crippen molar-refractivity contribution in [1.29, 1.82) is 0 Å². The topological polar surface area (TPSA) is 51.0 Å². The second-order valence-corrected chi connectivity index (χ2v) is 5.91. The number of hydrogen-bond donors (Lipinski definition) is 0. The summed E-state index contributed by atoms with van der Waals surface area (Å²) in [4.78, 5) is 19.1. The van der Waals surface area contributed by atoms with Crippen LogP contribution in [0.3, 0.4) is 0 Å². The lowest BCUT2D eigenvalue weighted by Gasteiger charge is -2.30.